The molecule has 0 saturated carbocycles. The molecular formula is C14H22N2. The standard InChI is InChI=1S/C12H16N2.C2H6/c1-4-6-7-10(3)12-9-13-11(5-2)8-14-12;1-2/h4,6-8,13H,1,3,5,9H2,2H3;1-2H3/b7-6-;. The van der Waals surface area contributed by atoms with Crippen LogP contribution in [0, 0.1) is 0 Å². The lowest BCUT2D eigenvalue weighted by atomic mass is 10.1. The minimum absolute atomic E-state index is 0.764. The van der Waals surface area contributed by atoms with Gasteiger partial charge in [-0.15, -0.1) is 0 Å². The molecule has 1 aliphatic heterocycles. The van der Waals surface area contributed by atoms with E-state index in [1.807, 2.05) is 32.2 Å². The molecule has 0 atom stereocenters. The number of allylic oxidation sites excluding steroid dienone is 4. The lowest BCUT2D eigenvalue weighted by Crippen LogP contribution is -2.25. The maximum absolute atomic E-state index is 4.34. The Labute approximate surface area is 99.2 Å². The molecule has 16 heavy (non-hydrogen) atoms. The molecule has 0 aromatic carbocycles. The lowest BCUT2D eigenvalue weighted by molar-refractivity contribution is 0.839. The van der Waals surface area contributed by atoms with Crippen molar-refractivity contribution in [1.82, 2.24) is 5.32 Å². The third kappa shape index (κ3) is 4.78. The van der Waals surface area contributed by atoms with Crippen molar-refractivity contribution in [3.63, 3.8) is 0 Å². The van der Waals surface area contributed by atoms with Crippen molar-refractivity contribution in [3.8, 4) is 0 Å². The number of nitrogens with zero attached hydrogens (tertiary/aromatic N) is 1. The van der Waals surface area contributed by atoms with Gasteiger partial charge in [0.25, 0.3) is 0 Å². The van der Waals surface area contributed by atoms with Crippen LogP contribution in [0.3, 0.4) is 0 Å². The van der Waals surface area contributed by atoms with E-state index >= 15 is 0 Å². The van der Waals surface area contributed by atoms with Gasteiger partial charge in [0.15, 0.2) is 0 Å². The highest BCUT2D eigenvalue weighted by Gasteiger charge is 2.06. The number of rotatable bonds is 4. The molecular weight excluding hydrogens is 196 g/mol. The van der Waals surface area contributed by atoms with Crippen LogP contribution in [0.25, 0.3) is 0 Å². The van der Waals surface area contributed by atoms with Crippen LogP contribution in [0.4, 0.5) is 0 Å². The van der Waals surface area contributed by atoms with Crippen molar-refractivity contribution >= 4 is 5.71 Å². The van der Waals surface area contributed by atoms with E-state index in [1.54, 1.807) is 6.08 Å². The maximum Gasteiger partial charge on any atom is 0.0661 e. The molecule has 0 spiro atoms. The normalized spacial score (nSPS) is 14.2. The minimum atomic E-state index is 0.764. The van der Waals surface area contributed by atoms with E-state index in [9.17, 15) is 0 Å². The van der Waals surface area contributed by atoms with Gasteiger partial charge in [0.2, 0.25) is 0 Å². The minimum Gasteiger partial charge on any atom is -0.381 e. The van der Waals surface area contributed by atoms with Crippen molar-refractivity contribution in [2.75, 3.05) is 6.54 Å². The number of hydrogen-bond acceptors (Lipinski definition) is 2. The molecule has 88 valence electrons. The van der Waals surface area contributed by atoms with Gasteiger partial charge in [0.05, 0.1) is 12.3 Å². The van der Waals surface area contributed by atoms with Crippen molar-refractivity contribution in [1.29, 1.82) is 0 Å². The highest BCUT2D eigenvalue weighted by molar-refractivity contribution is 6.04. The predicted molar refractivity (Wildman–Crippen MR) is 73.6 cm³/mol. The largest absolute Gasteiger partial charge is 0.381 e. The van der Waals surface area contributed by atoms with E-state index in [1.165, 1.54) is 5.70 Å². The van der Waals surface area contributed by atoms with Gasteiger partial charge in [0, 0.05) is 11.9 Å². The Balaban J connectivity index is 0.00000106. The molecule has 0 unspecified atom stereocenters. The Morgan fingerprint density at radius 3 is 2.69 bits per heavy atom. The molecule has 0 radical (unpaired) electrons. The van der Waals surface area contributed by atoms with E-state index < -0.39 is 0 Å². The van der Waals surface area contributed by atoms with Crippen LogP contribution >= 0.6 is 0 Å². The van der Waals surface area contributed by atoms with Crippen LogP contribution in [0.1, 0.15) is 27.2 Å². The smallest absolute Gasteiger partial charge is 0.0661 e. The summed E-state index contributed by atoms with van der Waals surface area (Å²) in [4.78, 5) is 4.34. The van der Waals surface area contributed by atoms with Crippen LogP contribution in [-0.4, -0.2) is 12.3 Å². The summed E-state index contributed by atoms with van der Waals surface area (Å²) in [6.07, 6.45) is 8.37. The molecule has 0 bridgehead atoms. The number of hydrogen-bond donors (Lipinski definition) is 1. The van der Waals surface area contributed by atoms with Gasteiger partial charge in [-0.2, -0.15) is 0 Å². The van der Waals surface area contributed by atoms with Crippen LogP contribution in [0.5, 0.6) is 0 Å². The first kappa shape index (κ1) is 14.4. The zero-order valence-electron chi connectivity index (χ0n) is 10.6. The molecule has 0 amide bonds. The molecule has 0 aliphatic carbocycles. The zero-order valence-corrected chi connectivity index (χ0v) is 10.6. The molecule has 0 aromatic rings. The van der Waals surface area contributed by atoms with Crippen molar-refractivity contribution in [2.45, 2.75) is 27.2 Å². The number of nitrogens with one attached hydrogen (secondary N) is 1. The monoisotopic (exact) mass is 218 g/mol. The summed E-state index contributed by atoms with van der Waals surface area (Å²) < 4.78 is 0. The average Bonchev–Trinajstić information content (AvgIpc) is 2.38. The van der Waals surface area contributed by atoms with Gasteiger partial charge < -0.3 is 5.32 Å². The molecule has 0 aromatic heterocycles. The first-order valence-corrected chi connectivity index (χ1v) is 5.76. The van der Waals surface area contributed by atoms with E-state index in [0.717, 1.165) is 24.3 Å². The summed E-state index contributed by atoms with van der Waals surface area (Å²) >= 11 is 0. The van der Waals surface area contributed by atoms with Gasteiger partial charge in [-0.3, -0.25) is 4.99 Å². The number of aliphatic imine (C=N–C) groups is 1. The first-order valence-electron chi connectivity index (χ1n) is 5.76. The highest BCUT2D eigenvalue weighted by atomic mass is 15.0. The lowest BCUT2D eigenvalue weighted by Gasteiger charge is -2.15. The second-order valence-corrected chi connectivity index (χ2v) is 3.06. The average molecular weight is 218 g/mol. The van der Waals surface area contributed by atoms with Crippen molar-refractivity contribution in [2.24, 2.45) is 4.99 Å². The molecule has 2 heteroatoms. The van der Waals surface area contributed by atoms with Gasteiger partial charge in [-0.05, 0) is 12.0 Å². The predicted octanol–water partition coefficient (Wildman–Crippen LogP) is 3.61. The quantitative estimate of drug-likeness (QED) is 0.716. The van der Waals surface area contributed by atoms with E-state index in [-0.39, 0.29) is 0 Å². The highest BCUT2D eigenvalue weighted by Crippen LogP contribution is 2.06. The Hall–Kier alpha value is -1.57. The summed E-state index contributed by atoms with van der Waals surface area (Å²) in [6, 6.07) is 0. The van der Waals surface area contributed by atoms with Gasteiger partial charge in [0.1, 0.15) is 0 Å². The van der Waals surface area contributed by atoms with Crippen LogP contribution in [0.2, 0.25) is 0 Å². The first-order chi connectivity index (χ1) is 7.77. The fraction of sp³-hybridized carbons (Fsp3) is 0.357. The van der Waals surface area contributed by atoms with Crippen LogP contribution < -0.4 is 5.32 Å². The summed E-state index contributed by atoms with van der Waals surface area (Å²) in [7, 11) is 0. The second kappa shape index (κ2) is 8.72. The van der Waals surface area contributed by atoms with Gasteiger partial charge in [-0.1, -0.05) is 52.2 Å². The topological polar surface area (TPSA) is 24.4 Å². The van der Waals surface area contributed by atoms with E-state index in [0.29, 0.717) is 0 Å². The maximum atomic E-state index is 4.34. The third-order valence-corrected chi connectivity index (χ3v) is 2.04. The summed E-state index contributed by atoms with van der Waals surface area (Å²) in [5, 5.41) is 3.29. The van der Waals surface area contributed by atoms with E-state index in [2.05, 4.69) is 30.4 Å². The Kier molecular flexibility index (Phi) is 7.86. The molecule has 1 N–H and O–H groups in total. The Morgan fingerprint density at radius 1 is 1.56 bits per heavy atom. The second-order valence-electron chi connectivity index (χ2n) is 3.06. The molecule has 0 saturated heterocycles. The van der Waals surface area contributed by atoms with Crippen LogP contribution in [0.15, 0.2) is 53.8 Å². The van der Waals surface area contributed by atoms with Crippen molar-refractivity contribution < 1.29 is 0 Å². The van der Waals surface area contributed by atoms with Crippen LogP contribution in [-0.2, 0) is 0 Å². The van der Waals surface area contributed by atoms with E-state index in [4.69, 9.17) is 0 Å². The third-order valence-electron chi connectivity index (χ3n) is 2.04. The Bertz CT molecular complexity index is 320. The molecule has 0 fully saturated rings. The SMILES string of the molecule is C=C/C=C\C(=C)C1=NC=C(CC)NC1.CC. The summed E-state index contributed by atoms with van der Waals surface area (Å²) in [5.41, 5.74) is 3.10. The molecule has 2 nitrogen and oxygen atoms in total. The summed E-state index contributed by atoms with van der Waals surface area (Å²) in [6.45, 7) is 14.4. The summed E-state index contributed by atoms with van der Waals surface area (Å²) in [5.74, 6) is 0. The van der Waals surface area contributed by atoms with Crippen molar-refractivity contribution in [3.05, 3.63) is 48.9 Å². The fourth-order valence-corrected chi connectivity index (χ4v) is 1.14. The Morgan fingerprint density at radius 2 is 2.25 bits per heavy atom. The zero-order chi connectivity index (χ0) is 12.4. The van der Waals surface area contributed by atoms with Gasteiger partial charge in [-0.25, -0.2) is 0 Å². The fourth-order valence-electron chi connectivity index (χ4n) is 1.14. The molecule has 1 heterocycles. The molecule has 1 rings (SSSR count). The van der Waals surface area contributed by atoms with Gasteiger partial charge >= 0.3 is 0 Å². The molecule has 1 aliphatic rings.